The van der Waals surface area contributed by atoms with E-state index in [0.717, 1.165) is 50.1 Å². The van der Waals surface area contributed by atoms with Gasteiger partial charge in [0.1, 0.15) is 11.8 Å². The van der Waals surface area contributed by atoms with Crippen LogP contribution in [0.25, 0.3) is 0 Å². The number of carbonyl (C=O) groups is 3. The SMILES string of the molecule is CCC[C@@H](NC(=O)O)C(=O)N1CCN([C@H](C)CCOc2ccc(C(=O)C3CC3)cc2)CC1. The first kappa shape index (κ1) is 24.0. The third-order valence-electron chi connectivity index (χ3n) is 6.31. The smallest absolute Gasteiger partial charge is 0.405 e. The predicted molar refractivity (Wildman–Crippen MR) is 121 cm³/mol. The molecule has 0 spiro atoms. The van der Waals surface area contributed by atoms with Gasteiger partial charge in [0.05, 0.1) is 6.61 Å². The van der Waals surface area contributed by atoms with E-state index in [1.165, 1.54) is 0 Å². The lowest BCUT2D eigenvalue weighted by Crippen LogP contribution is -2.56. The lowest BCUT2D eigenvalue weighted by molar-refractivity contribution is -0.135. The average Bonchev–Trinajstić information content (AvgIpc) is 3.63. The van der Waals surface area contributed by atoms with Gasteiger partial charge in [-0.15, -0.1) is 0 Å². The van der Waals surface area contributed by atoms with Crippen LogP contribution in [0.15, 0.2) is 24.3 Å². The summed E-state index contributed by atoms with van der Waals surface area (Å²) in [5.41, 5.74) is 0.764. The zero-order chi connectivity index (χ0) is 23.1. The standard InChI is InChI=1S/C24H35N3O5/c1-3-4-21(25-24(30)31)23(29)27-14-12-26(13-15-27)17(2)11-16-32-20-9-7-19(8-10-20)22(28)18-5-6-18/h7-10,17-18,21,25H,3-6,11-16H2,1-2H3,(H,30,31)/t17-,21-/m1/s1. The number of ketones is 1. The number of nitrogens with one attached hydrogen (secondary N) is 1. The van der Waals surface area contributed by atoms with E-state index in [1.807, 2.05) is 31.2 Å². The summed E-state index contributed by atoms with van der Waals surface area (Å²) in [5.74, 6) is 1.10. The van der Waals surface area contributed by atoms with Crippen LogP contribution in [-0.4, -0.2) is 77.6 Å². The molecule has 2 amide bonds. The minimum atomic E-state index is -1.16. The van der Waals surface area contributed by atoms with E-state index in [4.69, 9.17) is 9.84 Å². The van der Waals surface area contributed by atoms with Crippen LogP contribution in [0.5, 0.6) is 5.75 Å². The molecule has 0 unspecified atom stereocenters. The quantitative estimate of drug-likeness (QED) is 0.508. The van der Waals surface area contributed by atoms with E-state index in [-0.39, 0.29) is 17.6 Å². The fraction of sp³-hybridized carbons (Fsp3) is 0.625. The molecular formula is C24H35N3O5. The van der Waals surface area contributed by atoms with Gasteiger partial charge in [-0.05, 0) is 56.9 Å². The Labute approximate surface area is 189 Å². The van der Waals surface area contributed by atoms with Crippen molar-refractivity contribution in [2.24, 2.45) is 5.92 Å². The maximum Gasteiger partial charge on any atom is 0.405 e. The molecule has 3 rings (SSSR count). The molecule has 176 valence electrons. The summed E-state index contributed by atoms with van der Waals surface area (Å²) in [6.45, 7) is 7.40. The van der Waals surface area contributed by atoms with E-state index in [2.05, 4.69) is 17.1 Å². The first-order valence-corrected chi connectivity index (χ1v) is 11.7. The predicted octanol–water partition coefficient (Wildman–Crippen LogP) is 3.02. The van der Waals surface area contributed by atoms with E-state index < -0.39 is 12.1 Å². The van der Waals surface area contributed by atoms with Crippen LogP contribution >= 0.6 is 0 Å². The summed E-state index contributed by atoms with van der Waals surface area (Å²) < 4.78 is 5.87. The third-order valence-corrected chi connectivity index (χ3v) is 6.31. The Hall–Kier alpha value is -2.61. The summed E-state index contributed by atoms with van der Waals surface area (Å²) in [4.78, 5) is 39.8. The zero-order valence-corrected chi connectivity index (χ0v) is 19.1. The van der Waals surface area contributed by atoms with Gasteiger partial charge in [0.15, 0.2) is 5.78 Å². The van der Waals surface area contributed by atoms with Gasteiger partial charge in [-0.3, -0.25) is 14.5 Å². The Balaban J connectivity index is 1.38. The number of benzene rings is 1. The number of nitrogens with zero attached hydrogens (tertiary/aromatic N) is 2. The molecule has 1 aliphatic carbocycles. The molecule has 8 nitrogen and oxygen atoms in total. The van der Waals surface area contributed by atoms with Gasteiger partial charge in [0.2, 0.25) is 5.91 Å². The molecule has 1 aromatic carbocycles. The number of ether oxygens (including phenoxy) is 1. The van der Waals surface area contributed by atoms with Crippen LogP contribution in [0.4, 0.5) is 4.79 Å². The second kappa shape index (κ2) is 11.3. The van der Waals surface area contributed by atoms with E-state index in [9.17, 15) is 14.4 Å². The van der Waals surface area contributed by atoms with Crippen LogP contribution in [0.1, 0.15) is 56.3 Å². The highest BCUT2D eigenvalue weighted by molar-refractivity contribution is 5.99. The third kappa shape index (κ3) is 6.69. The maximum absolute atomic E-state index is 12.7. The van der Waals surface area contributed by atoms with Crippen molar-refractivity contribution in [1.29, 1.82) is 0 Å². The Bertz CT molecular complexity index is 785. The van der Waals surface area contributed by atoms with Crippen molar-refractivity contribution in [3.8, 4) is 5.75 Å². The maximum atomic E-state index is 12.7. The molecule has 1 saturated heterocycles. The number of hydrogen-bond donors (Lipinski definition) is 2. The molecule has 0 radical (unpaired) electrons. The molecule has 8 heteroatoms. The number of Topliss-reactive ketones (excluding diaryl/α,β-unsaturated/α-hetero) is 1. The number of carbonyl (C=O) groups excluding carboxylic acids is 2. The molecule has 1 aromatic rings. The summed E-state index contributed by atoms with van der Waals surface area (Å²) >= 11 is 0. The second-order valence-corrected chi connectivity index (χ2v) is 8.80. The van der Waals surface area contributed by atoms with Crippen molar-refractivity contribution < 1.29 is 24.2 Å². The van der Waals surface area contributed by atoms with Crippen molar-refractivity contribution in [3.63, 3.8) is 0 Å². The molecule has 1 heterocycles. The highest BCUT2D eigenvalue weighted by Gasteiger charge is 2.30. The molecule has 1 saturated carbocycles. The molecule has 32 heavy (non-hydrogen) atoms. The van der Waals surface area contributed by atoms with Gasteiger partial charge >= 0.3 is 6.09 Å². The fourth-order valence-corrected chi connectivity index (χ4v) is 4.13. The highest BCUT2D eigenvalue weighted by Crippen LogP contribution is 2.32. The van der Waals surface area contributed by atoms with E-state index >= 15 is 0 Å². The van der Waals surface area contributed by atoms with Crippen LogP contribution < -0.4 is 10.1 Å². The van der Waals surface area contributed by atoms with E-state index in [1.54, 1.807) is 4.90 Å². The van der Waals surface area contributed by atoms with Gasteiger partial charge in [0.25, 0.3) is 0 Å². The van der Waals surface area contributed by atoms with Gasteiger partial charge in [-0.2, -0.15) is 0 Å². The second-order valence-electron chi connectivity index (χ2n) is 8.80. The van der Waals surface area contributed by atoms with E-state index in [0.29, 0.717) is 32.2 Å². The van der Waals surface area contributed by atoms with Crippen LogP contribution in [0.2, 0.25) is 0 Å². The van der Waals surface area contributed by atoms with Gasteiger partial charge in [-0.25, -0.2) is 4.79 Å². The van der Waals surface area contributed by atoms with Crippen molar-refractivity contribution >= 4 is 17.8 Å². The topological polar surface area (TPSA) is 99.2 Å². The Morgan fingerprint density at radius 1 is 1.09 bits per heavy atom. The summed E-state index contributed by atoms with van der Waals surface area (Å²) in [6, 6.07) is 7.07. The first-order valence-electron chi connectivity index (χ1n) is 11.7. The average molecular weight is 446 g/mol. The van der Waals surface area contributed by atoms with Crippen LogP contribution in [0.3, 0.4) is 0 Å². The Morgan fingerprint density at radius 3 is 2.31 bits per heavy atom. The molecule has 2 N–H and O–H groups in total. The van der Waals surface area contributed by atoms with Crippen LogP contribution in [-0.2, 0) is 4.79 Å². The Morgan fingerprint density at radius 2 is 1.75 bits per heavy atom. The summed E-state index contributed by atoms with van der Waals surface area (Å²) in [5, 5.41) is 11.3. The molecule has 2 fully saturated rings. The molecule has 2 atom stereocenters. The van der Waals surface area contributed by atoms with Crippen LogP contribution in [0, 0.1) is 5.92 Å². The van der Waals surface area contributed by atoms with Crippen molar-refractivity contribution in [1.82, 2.24) is 15.1 Å². The lowest BCUT2D eigenvalue weighted by atomic mass is 10.1. The number of hydrogen-bond acceptors (Lipinski definition) is 5. The fourth-order valence-electron chi connectivity index (χ4n) is 4.13. The normalized spacial score (nSPS) is 18.6. The molecule has 2 aliphatic rings. The summed E-state index contributed by atoms with van der Waals surface area (Å²) in [7, 11) is 0. The van der Waals surface area contributed by atoms with Crippen molar-refractivity contribution in [3.05, 3.63) is 29.8 Å². The number of amides is 2. The lowest BCUT2D eigenvalue weighted by Gasteiger charge is -2.39. The number of rotatable bonds is 11. The molecule has 0 bridgehead atoms. The molecular weight excluding hydrogens is 410 g/mol. The first-order chi connectivity index (χ1) is 15.4. The highest BCUT2D eigenvalue weighted by atomic mass is 16.5. The van der Waals surface area contributed by atoms with Gasteiger partial charge in [0, 0.05) is 43.7 Å². The van der Waals surface area contributed by atoms with Gasteiger partial charge in [-0.1, -0.05) is 13.3 Å². The zero-order valence-electron chi connectivity index (χ0n) is 19.1. The number of piperazine rings is 1. The molecule has 0 aromatic heterocycles. The number of carboxylic acid groups (broad SMARTS) is 1. The van der Waals surface area contributed by atoms with Crippen molar-refractivity contribution in [2.45, 2.75) is 58.0 Å². The molecule has 1 aliphatic heterocycles. The monoisotopic (exact) mass is 445 g/mol. The summed E-state index contributed by atoms with van der Waals surface area (Å²) in [6.07, 6.45) is 2.97. The minimum absolute atomic E-state index is 0.131. The minimum Gasteiger partial charge on any atom is -0.494 e. The van der Waals surface area contributed by atoms with Gasteiger partial charge < -0.3 is 20.1 Å². The Kier molecular flexibility index (Phi) is 8.50. The van der Waals surface area contributed by atoms with Crippen molar-refractivity contribution in [2.75, 3.05) is 32.8 Å². The largest absolute Gasteiger partial charge is 0.494 e.